The molecule has 4 nitrogen and oxygen atoms in total. The van der Waals surface area contributed by atoms with Gasteiger partial charge in [0, 0.05) is 35.7 Å². The number of nitrogens with zero attached hydrogens (tertiary/aromatic N) is 1. The number of ether oxygens (including phenoxy) is 1. The molecular weight excluding hydrogens is 328 g/mol. The number of methoxy groups -OCH3 is 1. The monoisotopic (exact) mass is 344 g/mol. The smallest absolute Gasteiger partial charge is 0.305 e. The molecule has 0 aliphatic carbocycles. The zero-order chi connectivity index (χ0) is 14.4. The highest BCUT2D eigenvalue weighted by atomic mass is 79.9. The number of hydrogen-bond donors (Lipinski definition) is 1. The van der Waals surface area contributed by atoms with Crippen LogP contribution in [0.1, 0.15) is 18.4 Å². The molecule has 0 saturated heterocycles. The summed E-state index contributed by atoms with van der Waals surface area (Å²) in [5, 5.41) is 0. The molecule has 0 aromatic heterocycles. The van der Waals surface area contributed by atoms with E-state index in [1.807, 2.05) is 30.1 Å². The zero-order valence-electron chi connectivity index (χ0n) is 11.0. The first-order chi connectivity index (χ1) is 8.97. The van der Waals surface area contributed by atoms with E-state index in [-0.39, 0.29) is 5.97 Å². The van der Waals surface area contributed by atoms with Gasteiger partial charge in [-0.05, 0) is 34.5 Å². The van der Waals surface area contributed by atoms with Crippen molar-refractivity contribution in [1.29, 1.82) is 0 Å². The lowest BCUT2D eigenvalue weighted by Gasteiger charge is -2.22. The van der Waals surface area contributed by atoms with Gasteiger partial charge in [0.05, 0.1) is 7.11 Å². The fourth-order valence-corrected chi connectivity index (χ4v) is 2.67. The summed E-state index contributed by atoms with van der Waals surface area (Å²) in [5.74, 6) is -0.197. The van der Waals surface area contributed by atoms with Crippen LogP contribution in [0, 0.1) is 0 Å². The summed E-state index contributed by atoms with van der Waals surface area (Å²) in [6.07, 6.45) is 1.11. The maximum Gasteiger partial charge on any atom is 0.305 e. The third-order valence-electron chi connectivity index (χ3n) is 2.75. The van der Waals surface area contributed by atoms with Crippen molar-refractivity contribution >= 4 is 44.8 Å². The fourth-order valence-electron chi connectivity index (χ4n) is 1.76. The first-order valence-corrected chi connectivity index (χ1v) is 7.03. The maximum absolute atomic E-state index is 11.1. The van der Waals surface area contributed by atoms with E-state index in [2.05, 4.69) is 20.7 Å². The number of esters is 1. The normalized spacial score (nSPS) is 10.1. The van der Waals surface area contributed by atoms with Crippen LogP contribution in [0.5, 0.6) is 0 Å². The molecule has 0 saturated carbocycles. The molecule has 0 spiro atoms. The summed E-state index contributed by atoms with van der Waals surface area (Å²) in [6, 6.07) is 5.79. The van der Waals surface area contributed by atoms with Crippen molar-refractivity contribution in [1.82, 2.24) is 0 Å². The minimum absolute atomic E-state index is 0.197. The number of thiocarbonyl (C=S) groups is 1. The van der Waals surface area contributed by atoms with Crippen LogP contribution in [-0.2, 0) is 9.53 Å². The summed E-state index contributed by atoms with van der Waals surface area (Å²) in [5.41, 5.74) is 7.52. The number of hydrogen-bond acceptors (Lipinski definition) is 4. The van der Waals surface area contributed by atoms with Crippen molar-refractivity contribution in [2.45, 2.75) is 12.8 Å². The lowest BCUT2D eigenvalue weighted by atomic mass is 10.1. The van der Waals surface area contributed by atoms with Crippen LogP contribution in [0.3, 0.4) is 0 Å². The average molecular weight is 345 g/mol. The van der Waals surface area contributed by atoms with Crippen LogP contribution in [0.2, 0.25) is 0 Å². The van der Waals surface area contributed by atoms with Crippen LogP contribution < -0.4 is 10.6 Å². The first-order valence-electron chi connectivity index (χ1n) is 5.83. The molecule has 1 aromatic carbocycles. The van der Waals surface area contributed by atoms with E-state index in [4.69, 9.17) is 18.0 Å². The van der Waals surface area contributed by atoms with E-state index in [0.29, 0.717) is 17.8 Å². The molecular formula is C13H17BrN2O2S. The number of carbonyl (C=O) groups excluding carboxylic acids is 1. The van der Waals surface area contributed by atoms with E-state index in [9.17, 15) is 4.79 Å². The highest BCUT2D eigenvalue weighted by Crippen LogP contribution is 2.27. The van der Waals surface area contributed by atoms with Gasteiger partial charge in [0.15, 0.2) is 0 Å². The molecule has 0 radical (unpaired) electrons. The second-order valence-corrected chi connectivity index (χ2v) is 5.39. The summed E-state index contributed by atoms with van der Waals surface area (Å²) in [7, 11) is 3.34. The van der Waals surface area contributed by atoms with Gasteiger partial charge in [0.1, 0.15) is 4.99 Å². The van der Waals surface area contributed by atoms with Gasteiger partial charge in [-0.15, -0.1) is 0 Å². The molecule has 0 heterocycles. The second-order valence-electron chi connectivity index (χ2n) is 4.10. The third-order valence-corrected chi connectivity index (χ3v) is 3.62. The van der Waals surface area contributed by atoms with Gasteiger partial charge in [-0.2, -0.15) is 0 Å². The van der Waals surface area contributed by atoms with Crippen LogP contribution >= 0.6 is 28.1 Å². The lowest BCUT2D eigenvalue weighted by Crippen LogP contribution is -2.23. The second kappa shape index (κ2) is 7.45. The van der Waals surface area contributed by atoms with Gasteiger partial charge in [-0.25, -0.2) is 0 Å². The molecule has 2 N–H and O–H groups in total. The molecule has 0 aliphatic heterocycles. The summed E-state index contributed by atoms with van der Waals surface area (Å²) >= 11 is 8.53. The molecule has 6 heteroatoms. The Kier molecular flexibility index (Phi) is 6.24. The largest absolute Gasteiger partial charge is 0.469 e. The van der Waals surface area contributed by atoms with E-state index in [1.165, 1.54) is 7.11 Å². The lowest BCUT2D eigenvalue weighted by molar-refractivity contribution is -0.140. The van der Waals surface area contributed by atoms with Gasteiger partial charge in [-0.1, -0.05) is 18.3 Å². The van der Waals surface area contributed by atoms with E-state index in [0.717, 1.165) is 22.3 Å². The van der Waals surface area contributed by atoms with Gasteiger partial charge in [-0.3, -0.25) is 4.79 Å². The Labute approximate surface area is 127 Å². The maximum atomic E-state index is 11.1. The Bertz CT molecular complexity index is 480. The Balaban J connectivity index is 2.77. The van der Waals surface area contributed by atoms with Crippen LogP contribution in [0.15, 0.2) is 22.7 Å². The van der Waals surface area contributed by atoms with E-state index < -0.39 is 0 Å². The van der Waals surface area contributed by atoms with Crippen LogP contribution in [0.25, 0.3) is 0 Å². The number of anilines is 1. The molecule has 0 amide bonds. The highest BCUT2D eigenvalue weighted by Gasteiger charge is 2.13. The molecule has 104 valence electrons. The molecule has 0 unspecified atom stereocenters. The Morgan fingerprint density at radius 2 is 2.21 bits per heavy atom. The minimum Gasteiger partial charge on any atom is -0.469 e. The topological polar surface area (TPSA) is 55.6 Å². The molecule has 19 heavy (non-hydrogen) atoms. The SMILES string of the molecule is COC(=O)CCCN(C)c1cccc(Br)c1C(N)=S. The predicted molar refractivity (Wildman–Crippen MR) is 84.5 cm³/mol. The molecule has 0 fully saturated rings. The molecule has 0 aliphatic rings. The highest BCUT2D eigenvalue weighted by molar-refractivity contribution is 9.10. The first kappa shape index (κ1) is 15.9. The molecule has 1 aromatic rings. The van der Waals surface area contributed by atoms with Crippen molar-refractivity contribution < 1.29 is 9.53 Å². The number of carbonyl (C=O) groups is 1. The predicted octanol–water partition coefficient (Wildman–Crippen LogP) is 2.47. The van der Waals surface area contributed by atoms with Gasteiger partial charge < -0.3 is 15.4 Å². The molecule has 0 bridgehead atoms. The zero-order valence-corrected chi connectivity index (χ0v) is 13.4. The standard InChI is InChI=1S/C13H17BrN2O2S/c1-16(8-4-7-11(17)18-2)10-6-3-5-9(14)12(10)13(15)19/h3,5-6H,4,7-8H2,1-2H3,(H2,15,19). The van der Waals surface area contributed by atoms with Crippen LogP contribution in [-0.4, -0.2) is 31.7 Å². The van der Waals surface area contributed by atoms with Crippen molar-refractivity contribution in [2.75, 3.05) is 25.6 Å². The summed E-state index contributed by atoms with van der Waals surface area (Å²) in [6.45, 7) is 0.723. The summed E-state index contributed by atoms with van der Waals surface area (Å²) < 4.78 is 5.49. The third kappa shape index (κ3) is 4.47. The van der Waals surface area contributed by atoms with E-state index in [1.54, 1.807) is 0 Å². The molecule has 0 atom stereocenters. The van der Waals surface area contributed by atoms with Crippen molar-refractivity contribution in [3.63, 3.8) is 0 Å². The Morgan fingerprint density at radius 3 is 2.79 bits per heavy atom. The quantitative estimate of drug-likeness (QED) is 0.634. The van der Waals surface area contributed by atoms with Gasteiger partial charge in [0.2, 0.25) is 0 Å². The van der Waals surface area contributed by atoms with Crippen molar-refractivity contribution in [3.05, 3.63) is 28.2 Å². The number of rotatable bonds is 6. The summed E-state index contributed by atoms with van der Waals surface area (Å²) in [4.78, 5) is 13.4. The average Bonchev–Trinajstić information content (AvgIpc) is 2.37. The van der Waals surface area contributed by atoms with Crippen LogP contribution in [0.4, 0.5) is 5.69 Å². The van der Waals surface area contributed by atoms with Gasteiger partial charge >= 0.3 is 5.97 Å². The number of halogens is 1. The fraction of sp³-hybridized carbons (Fsp3) is 0.385. The Morgan fingerprint density at radius 1 is 1.53 bits per heavy atom. The number of benzene rings is 1. The van der Waals surface area contributed by atoms with Crippen molar-refractivity contribution in [2.24, 2.45) is 5.73 Å². The van der Waals surface area contributed by atoms with Crippen molar-refractivity contribution in [3.8, 4) is 0 Å². The number of nitrogens with two attached hydrogens (primary N) is 1. The Hall–Kier alpha value is -1.14. The van der Waals surface area contributed by atoms with E-state index >= 15 is 0 Å². The van der Waals surface area contributed by atoms with Gasteiger partial charge in [0.25, 0.3) is 0 Å². The molecule has 1 rings (SSSR count). The minimum atomic E-state index is -0.197.